The Kier molecular flexibility index (Phi) is 4.78. The molecule has 3 N–H and O–H groups in total. The van der Waals surface area contributed by atoms with Crippen molar-refractivity contribution < 1.29 is 4.79 Å². The summed E-state index contributed by atoms with van der Waals surface area (Å²) in [6.45, 7) is 3.02. The van der Waals surface area contributed by atoms with Gasteiger partial charge in [0.05, 0.1) is 10.7 Å². The first kappa shape index (κ1) is 16.1. The van der Waals surface area contributed by atoms with Crippen molar-refractivity contribution in [2.45, 2.75) is 31.7 Å². The molecule has 0 aliphatic heterocycles. The molecule has 0 aromatic carbocycles. The van der Waals surface area contributed by atoms with Gasteiger partial charge >= 0.3 is 0 Å². The molecule has 1 fully saturated rings. The predicted octanol–water partition coefficient (Wildman–Crippen LogP) is 2.27. The molecule has 1 saturated carbocycles. The number of carbonyl (C=O) groups is 1. The van der Waals surface area contributed by atoms with Crippen LogP contribution in [0.25, 0.3) is 0 Å². The summed E-state index contributed by atoms with van der Waals surface area (Å²) in [5, 5.41) is 4.57. The molecular formula is C15H26N4OS. The van der Waals surface area contributed by atoms with Gasteiger partial charge in [0.25, 0.3) is 5.91 Å². The van der Waals surface area contributed by atoms with E-state index in [1.807, 2.05) is 0 Å². The molecule has 1 amide bonds. The van der Waals surface area contributed by atoms with Gasteiger partial charge < -0.3 is 20.9 Å². The predicted molar refractivity (Wildman–Crippen MR) is 90.4 cm³/mol. The van der Waals surface area contributed by atoms with Crippen LogP contribution in [-0.2, 0) is 0 Å². The van der Waals surface area contributed by atoms with Gasteiger partial charge in [-0.15, -0.1) is 11.3 Å². The van der Waals surface area contributed by atoms with Crippen molar-refractivity contribution in [3.63, 3.8) is 0 Å². The number of anilines is 2. The highest BCUT2D eigenvalue weighted by Crippen LogP contribution is 2.50. The van der Waals surface area contributed by atoms with E-state index in [0.29, 0.717) is 22.5 Å². The molecule has 118 valence electrons. The third-order valence-electron chi connectivity index (χ3n) is 4.01. The number of nitrogens with two attached hydrogens (primary N) is 1. The normalized spacial score (nSPS) is 16.1. The fourth-order valence-corrected chi connectivity index (χ4v) is 3.39. The first-order valence-electron chi connectivity index (χ1n) is 7.37. The number of hydrogen-bond acceptors (Lipinski definition) is 5. The van der Waals surface area contributed by atoms with Crippen molar-refractivity contribution >= 4 is 27.9 Å². The zero-order valence-electron chi connectivity index (χ0n) is 13.6. The third kappa shape index (κ3) is 3.49. The molecule has 0 spiro atoms. The minimum atomic E-state index is -0.00638. The number of likely N-dealkylation sites (N-methyl/N-ethyl adjacent to an activating group) is 1. The number of nitrogens with one attached hydrogen (secondary N) is 1. The van der Waals surface area contributed by atoms with Crippen LogP contribution >= 0.6 is 11.3 Å². The van der Waals surface area contributed by atoms with Gasteiger partial charge in [-0.05, 0) is 39.8 Å². The topological polar surface area (TPSA) is 61.6 Å². The first-order valence-corrected chi connectivity index (χ1v) is 8.18. The molecular weight excluding hydrogens is 284 g/mol. The van der Waals surface area contributed by atoms with E-state index in [1.165, 1.54) is 24.2 Å². The summed E-state index contributed by atoms with van der Waals surface area (Å²) in [6, 6.07) is 0.424. The number of nitrogen functional groups attached to an aromatic ring is 1. The van der Waals surface area contributed by atoms with Gasteiger partial charge in [-0.25, -0.2) is 0 Å². The number of carbonyl (C=O) groups excluding carboxylic acids is 1. The SMILES string of the molecule is CC(CNc1sc(C(=O)N(C)C)c(N)c1C1CC1)N(C)C. The summed E-state index contributed by atoms with van der Waals surface area (Å²) < 4.78 is 0. The van der Waals surface area contributed by atoms with E-state index in [-0.39, 0.29) is 5.91 Å². The first-order chi connectivity index (χ1) is 9.82. The van der Waals surface area contributed by atoms with E-state index in [1.54, 1.807) is 19.0 Å². The van der Waals surface area contributed by atoms with E-state index < -0.39 is 0 Å². The van der Waals surface area contributed by atoms with Crippen molar-refractivity contribution in [3.05, 3.63) is 10.4 Å². The van der Waals surface area contributed by atoms with Crippen LogP contribution in [0, 0.1) is 0 Å². The summed E-state index contributed by atoms with van der Waals surface area (Å²) >= 11 is 1.50. The second-order valence-corrected chi connectivity index (χ2v) is 7.28. The average Bonchev–Trinajstić information content (AvgIpc) is 3.19. The Bertz CT molecular complexity index is 520. The smallest absolute Gasteiger partial charge is 0.265 e. The largest absolute Gasteiger partial charge is 0.397 e. The highest BCUT2D eigenvalue weighted by molar-refractivity contribution is 7.18. The molecule has 6 heteroatoms. The van der Waals surface area contributed by atoms with Crippen molar-refractivity contribution in [1.82, 2.24) is 9.80 Å². The Morgan fingerprint density at radius 1 is 1.38 bits per heavy atom. The Hall–Kier alpha value is -1.27. The number of hydrogen-bond donors (Lipinski definition) is 2. The van der Waals surface area contributed by atoms with Crippen molar-refractivity contribution in [2.75, 3.05) is 45.8 Å². The molecule has 5 nitrogen and oxygen atoms in total. The Morgan fingerprint density at radius 3 is 2.48 bits per heavy atom. The standard InChI is InChI=1S/C15H26N4OS/c1-9(18(2)3)8-17-14-11(10-6-7-10)12(16)13(21-14)15(20)19(4)5/h9-10,17H,6-8,16H2,1-5H3. The molecule has 1 aromatic heterocycles. The van der Waals surface area contributed by atoms with E-state index in [2.05, 4.69) is 31.2 Å². The quantitative estimate of drug-likeness (QED) is 0.846. The van der Waals surface area contributed by atoms with Crippen LogP contribution in [-0.4, -0.2) is 56.5 Å². The number of nitrogens with zero attached hydrogens (tertiary/aromatic N) is 2. The van der Waals surface area contributed by atoms with Gasteiger partial charge in [-0.1, -0.05) is 0 Å². The van der Waals surface area contributed by atoms with E-state index in [0.717, 1.165) is 17.1 Å². The molecule has 0 bridgehead atoms. The summed E-state index contributed by atoms with van der Waals surface area (Å²) in [5.41, 5.74) is 8.11. The van der Waals surface area contributed by atoms with E-state index in [4.69, 9.17) is 5.73 Å². The molecule has 0 radical (unpaired) electrons. The summed E-state index contributed by atoms with van der Waals surface area (Å²) in [7, 11) is 7.66. The van der Waals surface area contributed by atoms with Gasteiger partial charge in [-0.2, -0.15) is 0 Å². The lowest BCUT2D eigenvalue weighted by Gasteiger charge is -2.20. The Balaban J connectivity index is 2.23. The minimum absolute atomic E-state index is 0.00638. The molecule has 21 heavy (non-hydrogen) atoms. The highest BCUT2D eigenvalue weighted by atomic mass is 32.1. The van der Waals surface area contributed by atoms with Crippen molar-refractivity contribution in [1.29, 1.82) is 0 Å². The lowest BCUT2D eigenvalue weighted by atomic mass is 10.1. The van der Waals surface area contributed by atoms with Crippen LogP contribution in [0.2, 0.25) is 0 Å². The van der Waals surface area contributed by atoms with Crippen molar-refractivity contribution in [2.24, 2.45) is 0 Å². The minimum Gasteiger partial charge on any atom is -0.397 e. The number of amides is 1. The second kappa shape index (κ2) is 6.23. The molecule has 0 saturated heterocycles. The van der Waals surface area contributed by atoms with Crippen LogP contribution in [0.15, 0.2) is 0 Å². The third-order valence-corrected chi connectivity index (χ3v) is 5.18. The summed E-state index contributed by atoms with van der Waals surface area (Å²) in [4.78, 5) is 16.7. The fourth-order valence-electron chi connectivity index (χ4n) is 2.15. The highest BCUT2D eigenvalue weighted by Gasteiger charge is 2.33. The van der Waals surface area contributed by atoms with Crippen LogP contribution in [0.4, 0.5) is 10.7 Å². The summed E-state index contributed by atoms with van der Waals surface area (Å²) in [6.07, 6.45) is 2.35. The molecule has 1 aliphatic rings. The van der Waals surface area contributed by atoms with Gasteiger partial charge in [0.15, 0.2) is 0 Å². The molecule has 1 aromatic rings. The molecule has 1 heterocycles. The second-order valence-electron chi connectivity index (χ2n) is 6.26. The van der Waals surface area contributed by atoms with Gasteiger partial charge in [-0.3, -0.25) is 4.79 Å². The zero-order chi connectivity index (χ0) is 15.7. The zero-order valence-corrected chi connectivity index (χ0v) is 14.4. The van der Waals surface area contributed by atoms with Crippen LogP contribution in [0.5, 0.6) is 0 Å². The number of rotatable bonds is 6. The van der Waals surface area contributed by atoms with Crippen LogP contribution < -0.4 is 11.1 Å². The Labute approximate surface area is 131 Å². The van der Waals surface area contributed by atoms with Gasteiger partial charge in [0.1, 0.15) is 4.88 Å². The summed E-state index contributed by atoms with van der Waals surface area (Å²) in [5.74, 6) is 0.523. The van der Waals surface area contributed by atoms with Crippen molar-refractivity contribution in [3.8, 4) is 0 Å². The lowest BCUT2D eigenvalue weighted by molar-refractivity contribution is 0.0833. The fraction of sp³-hybridized carbons (Fsp3) is 0.667. The molecule has 1 unspecified atom stereocenters. The molecule has 1 aliphatic carbocycles. The lowest BCUT2D eigenvalue weighted by Crippen LogP contribution is -2.31. The monoisotopic (exact) mass is 310 g/mol. The van der Waals surface area contributed by atoms with Crippen LogP contribution in [0.3, 0.4) is 0 Å². The average molecular weight is 310 g/mol. The maximum atomic E-state index is 12.2. The van der Waals surface area contributed by atoms with Crippen LogP contribution in [0.1, 0.15) is 40.9 Å². The molecule has 1 atom stereocenters. The maximum Gasteiger partial charge on any atom is 0.265 e. The van der Waals surface area contributed by atoms with Gasteiger partial charge in [0, 0.05) is 32.2 Å². The Morgan fingerprint density at radius 2 is 2.00 bits per heavy atom. The number of thiophene rings is 1. The van der Waals surface area contributed by atoms with E-state index in [9.17, 15) is 4.79 Å². The maximum absolute atomic E-state index is 12.2. The van der Waals surface area contributed by atoms with E-state index >= 15 is 0 Å². The molecule has 2 rings (SSSR count). The van der Waals surface area contributed by atoms with Gasteiger partial charge in [0.2, 0.25) is 0 Å².